The first-order valence-electron chi connectivity index (χ1n) is 10.9. The molecule has 182 valence electrons. The van der Waals surface area contributed by atoms with Crippen LogP contribution in [-0.4, -0.2) is 28.5 Å². The molecule has 35 heavy (non-hydrogen) atoms. The Kier molecular flexibility index (Phi) is 8.67. The summed E-state index contributed by atoms with van der Waals surface area (Å²) in [6.07, 6.45) is 7.45. The summed E-state index contributed by atoms with van der Waals surface area (Å²) >= 11 is 0. The van der Waals surface area contributed by atoms with Crippen LogP contribution in [0.25, 0.3) is 0 Å². The van der Waals surface area contributed by atoms with Crippen LogP contribution in [0.2, 0.25) is 0 Å². The van der Waals surface area contributed by atoms with E-state index in [1.807, 2.05) is 43.6 Å². The molecular formula is C27H28N2O4S2. The SMILES string of the molecule is CC(C)(C)Oc1ccc([S+](c2cccnc2)c2cccnc2)cc1.Cc1ccc(S(=O)(=O)[O-])cc1. The highest BCUT2D eigenvalue weighted by molar-refractivity contribution is 7.97. The molecule has 0 amide bonds. The van der Waals surface area contributed by atoms with Gasteiger partial charge in [-0.1, -0.05) is 17.7 Å². The van der Waals surface area contributed by atoms with Gasteiger partial charge in [0.05, 0.1) is 17.3 Å². The fourth-order valence-corrected chi connectivity index (χ4v) is 5.50. The number of aromatic nitrogens is 2. The smallest absolute Gasteiger partial charge is 0.184 e. The monoisotopic (exact) mass is 508 g/mol. The molecule has 2 heterocycles. The summed E-state index contributed by atoms with van der Waals surface area (Å²) in [5.74, 6) is 0.882. The van der Waals surface area contributed by atoms with Gasteiger partial charge in [-0.2, -0.15) is 0 Å². The van der Waals surface area contributed by atoms with Gasteiger partial charge in [0.2, 0.25) is 0 Å². The van der Waals surface area contributed by atoms with Gasteiger partial charge in [0.1, 0.15) is 32.4 Å². The Morgan fingerprint density at radius 3 is 1.69 bits per heavy atom. The summed E-state index contributed by atoms with van der Waals surface area (Å²) in [7, 11) is -4.50. The molecule has 0 fully saturated rings. The Bertz CT molecular complexity index is 1270. The van der Waals surface area contributed by atoms with E-state index in [-0.39, 0.29) is 21.4 Å². The van der Waals surface area contributed by atoms with Crippen LogP contribution in [0.3, 0.4) is 0 Å². The fourth-order valence-electron chi connectivity index (χ4n) is 3.05. The van der Waals surface area contributed by atoms with Crippen molar-refractivity contribution in [2.45, 2.75) is 52.9 Å². The number of hydrogen-bond acceptors (Lipinski definition) is 6. The van der Waals surface area contributed by atoms with Crippen molar-refractivity contribution in [3.8, 4) is 5.75 Å². The van der Waals surface area contributed by atoms with Gasteiger partial charge in [0.15, 0.2) is 14.7 Å². The van der Waals surface area contributed by atoms with E-state index in [4.69, 9.17) is 4.74 Å². The number of hydrogen-bond donors (Lipinski definition) is 0. The maximum Gasteiger partial charge on any atom is 0.184 e. The van der Waals surface area contributed by atoms with Crippen molar-refractivity contribution < 1.29 is 17.7 Å². The van der Waals surface area contributed by atoms with Crippen molar-refractivity contribution in [3.05, 3.63) is 103 Å². The Labute approximate surface area is 210 Å². The van der Waals surface area contributed by atoms with Crippen LogP contribution in [0.5, 0.6) is 5.75 Å². The fraction of sp³-hybridized carbons (Fsp3) is 0.185. The van der Waals surface area contributed by atoms with Crippen molar-refractivity contribution in [2.75, 3.05) is 0 Å². The van der Waals surface area contributed by atoms with E-state index >= 15 is 0 Å². The van der Waals surface area contributed by atoms with Crippen LogP contribution in [0.1, 0.15) is 26.3 Å². The summed E-state index contributed by atoms with van der Waals surface area (Å²) in [5.41, 5.74) is 0.730. The molecule has 4 rings (SSSR count). The van der Waals surface area contributed by atoms with Crippen LogP contribution in [0.15, 0.2) is 117 Å². The average molecular weight is 509 g/mol. The minimum Gasteiger partial charge on any atom is -0.744 e. The maximum absolute atomic E-state index is 10.4. The molecule has 8 heteroatoms. The predicted octanol–water partition coefficient (Wildman–Crippen LogP) is 5.65. The van der Waals surface area contributed by atoms with E-state index in [9.17, 15) is 13.0 Å². The number of pyridine rings is 2. The van der Waals surface area contributed by atoms with Crippen molar-refractivity contribution >= 4 is 21.0 Å². The number of nitrogens with zero attached hydrogens (tertiary/aromatic N) is 2. The largest absolute Gasteiger partial charge is 0.744 e. The predicted molar refractivity (Wildman–Crippen MR) is 137 cm³/mol. The first kappa shape index (κ1) is 26.4. The topological polar surface area (TPSA) is 92.2 Å². The highest BCUT2D eigenvalue weighted by atomic mass is 32.2. The van der Waals surface area contributed by atoms with Gasteiger partial charge in [-0.25, -0.2) is 8.42 Å². The van der Waals surface area contributed by atoms with Crippen LogP contribution >= 0.6 is 0 Å². The minimum absolute atomic E-state index is 0.178. The molecule has 2 aromatic carbocycles. The second-order valence-electron chi connectivity index (χ2n) is 8.64. The Hall–Kier alpha value is -3.20. The van der Waals surface area contributed by atoms with Gasteiger partial charge in [-0.15, -0.1) is 0 Å². The van der Waals surface area contributed by atoms with E-state index in [2.05, 4.69) is 55.0 Å². The van der Waals surface area contributed by atoms with Gasteiger partial charge in [-0.05, 0) is 88.4 Å². The Morgan fingerprint density at radius 1 is 0.771 bits per heavy atom. The van der Waals surface area contributed by atoms with Crippen LogP contribution < -0.4 is 4.74 Å². The van der Waals surface area contributed by atoms with Crippen LogP contribution in [0, 0.1) is 6.92 Å². The molecule has 2 aromatic heterocycles. The zero-order chi connectivity index (χ0) is 25.5. The normalized spacial score (nSPS) is 11.5. The molecule has 6 nitrogen and oxygen atoms in total. The molecule has 0 bridgehead atoms. The zero-order valence-electron chi connectivity index (χ0n) is 20.1. The van der Waals surface area contributed by atoms with Crippen molar-refractivity contribution in [3.63, 3.8) is 0 Å². The third kappa shape index (κ3) is 8.20. The van der Waals surface area contributed by atoms with Gasteiger partial charge < -0.3 is 9.29 Å². The van der Waals surface area contributed by atoms with Crippen LogP contribution in [0.4, 0.5) is 0 Å². The van der Waals surface area contributed by atoms with E-state index in [0.29, 0.717) is 0 Å². The van der Waals surface area contributed by atoms with Gasteiger partial charge in [0.25, 0.3) is 0 Å². The highest BCUT2D eigenvalue weighted by Gasteiger charge is 2.29. The van der Waals surface area contributed by atoms with Gasteiger partial charge in [-0.3, -0.25) is 9.97 Å². The second kappa shape index (κ2) is 11.5. The Balaban J connectivity index is 0.000000261. The molecule has 0 aliphatic heterocycles. The van der Waals surface area contributed by atoms with Crippen molar-refractivity contribution in [2.24, 2.45) is 0 Å². The maximum atomic E-state index is 10.4. The standard InChI is InChI=1S/C20H21N2OS.C7H8O3S/c1-20(2,3)23-16-8-10-17(11-9-16)24(18-6-4-12-21-14-18)19-7-5-13-22-15-19;1-6-2-4-7(5-3-6)11(8,9)10/h4-15H,1-3H3;2-5H,1H3,(H,8,9,10)/q+1;/p-1. The van der Waals surface area contributed by atoms with Gasteiger partial charge in [0, 0.05) is 12.4 Å². The first-order valence-corrected chi connectivity index (χ1v) is 13.5. The zero-order valence-corrected chi connectivity index (χ0v) is 21.7. The Morgan fingerprint density at radius 2 is 1.29 bits per heavy atom. The number of ether oxygens (including phenoxy) is 1. The molecular weight excluding hydrogens is 480 g/mol. The second-order valence-corrected chi connectivity index (χ2v) is 12.0. The summed E-state index contributed by atoms with van der Waals surface area (Å²) in [5, 5.41) is 0. The van der Waals surface area contributed by atoms with Crippen LogP contribution in [-0.2, 0) is 21.0 Å². The minimum atomic E-state index is -4.27. The van der Waals surface area contributed by atoms with E-state index < -0.39 is 10.1 Å². The third-order valence-electron chi connectivity index (χ3n) is 4.53. The molecule has 0 N–H and O–H groups in total. The molecule has 0 saturated carbocycles. The molecule has 0 aliphatic rings. The lowest BCUT2D eigenvalue weighted by Crippen LogP contribution is -2.22. The quantitative estimate of drug-likeness (QED) is 0.256. The lowest BCUT2D eigenvalue weighted by molar-refractivity contribution is 0.131. The molecule has 0 spiro atoms. The number of aryl methyl sites for hydroxylation is 1. The summed E-state index contributed by atoms with van der Waals surface area (Å²) in [4.78, 5) is 12.0. The van der Waals surface area contributed by atoms with Crippen molar-refractivity contribution in [1.82, 2.24) is 9.97 Å². The molecule has 0 unspecified atom stereocenters. The summed E-state index contributed by atoms with van der Waals surface area (Å²) in [6.45, 7) is 7.98. The average Bonchev–Trinajstić information content (AvgIpc) is 2.81. The lowest BCUT2D eigenvalue weighted by atomic mass is 10.2. The van der Waals surface area contributed by atoms with Crippen molar-refractivity contribution in [1.29, 1.82) is 0 Å². The van der Waals surface area contributed by atoms with E-state index in [1.54, 1.807) is 24.5 Å². The molecule has 0 saturated heterocycles. The van der Waals surface area contributed by atoms with E-state index in [1.165, 1.54) is 26.8 Å². The molecule has 0 radical (unpaired) electrons. The third-order valence-corrected chi connectivity index (χ3v) is 7.55. The number of rotatable bonds is 5. The summed E-state index contributed by atoms with van der Waals surface area (Å²) in [6, 6.07) is 22.3. The lowest BCUT2D eigenvalue weighted by Gasteiger charge is -2.21. The molecule has 0 atom stereocenters. The summed E-state index contributed by atoms with van der Waals surface area (Å²) < 4.78 is 37.1. The first-order chi connectivity index (χ1) is 16.5. The van der Waals surface area contributed by atoms with E-state index in [0.717, 1.165) is 11.3 Å². The molecule has 0 aliphatic carbocycles. The molecule has 4 aromatic rings. The van der Waals surface area contributed by atoms with Gasteiger partial charge >= 0.3 is 0 Å². The number of benzene rings is 2. The highest BCUT2D eigenvalue weighted by Crippen LogP contribution is 2.31.